The van der Waals surface area contributed by atoms with E-state index >= 15 is 0 Å². The molecule has 0 bridgehead atoms. The average Bonchev–Trinajstić information content (AvgIpc) is 3.16. The Morgan fingerprint density at radius 3 is 2.00 bits per heavy atom. The molecule has 0 fully saturated rings. The molecular formula is C21H13BrF9N3O3. The summed E-state index contributed by atoms with van der Waals surface area (Å²) < 4.78 is 122. The van der Waals surface area contributed by atoms with Crippen molar-refractivity contribution >= 4 is 33.9 Å². The van der Waals surface area contributed by atoms with Crippen molar-refractivity contribution in [2.75, 3.05) is 7.11 Å². The number of hydrogen-bond acceptors (Lipinski definition) is 5. The summed E-state index contributed by atoms with van der Waals surface area (Å²) in [6.07, 6.45) is -15.4. The Hall–Kier alpha value is -3.27. The molecule has 3 rings (SSSR count). The number of benzene rings is 2. The summed E-state index contributed by atoms with van der Waals surface area (Å²) in [5.74, 6) is -0.663. The molecule has 6 nitrogen and oxygen atoms in total. The number of rotatable bonds is 5. The van der Waals surface area contributed by atoms with Crippen LogP contribution in [-0.4, -0.2) is 25.5 Å². The Bertz CT molecular complexity index is 1210. The van der Waals surface area contributed by atoms with Crippen LogP contribution in [0.1, 0.15) is 32.6 Å². The lowest BCUT2D eigenvalue weighted by molar-refractivity contribution is -0.270. The number of hydrogen-bond donors (Lipinski definition) is 2. The molecule has 1 atom stereocenters. The summed E-state index contributed by atoms with van der Waals surface area (Å²) in [4.78, 5) is 21.1. The predicted octanol–water partition coefficient (Wildman–Crippen LogP) is 6.10. The standard InChI is InChI=1S/C21H13BrF9N3O3/c1-36-33-9-32-17(35)11-4-2-10(3-5-11)15-16(22)18(37-34-15,21(29,30)31)12-6-13(19(23,24)25)8-14(7-12)20(26,27)28/h2-9,34H,1H3,(H,32,33,35). The van der Waals surface area contributed by atoms with Gasteiger partial charge in [-0.1, -0.05) is 17.3 Å². The van der Waals surface area contributed by atoms with Crippen LogP contribution in [0, 0.1) is 0 Å². The lowest BCUT2D eigenvalue weighted by Crippen LogP contribution is -2.44. The molecular weight excluding hydrogens is 593 g/mol. The molecule has 16 heteroatoms. The Morgan fingerprint density at radius 2 is 1.54 bits per heavy atom. The van der Waals surface area contributed by atoms with Gasteiger partial charge < -0.3 is 10.2 Å². The van der Waals surface area contributed by atoms with Crippen LogP contribution in [0.25, 0.3) is 5.70 Å². The molecule has 1 heterocycles. The van der Waals surface area contributed by atoms with E-state index in [0.717, 1.165) is 6.34 Å². The van der Waals surface area contributed by atoms with E-state index in [4.69, 9.17) is 4.84 Å². The number of hydroxylamine groups is 1. The third-order valence-electron chi connectivity index (χ3n) is 5.02. The zero-order valence-electron chi connectivity index (χ0n) is 18.1. The first kappa shape index (κ1) is 28.3. The highest BCUT2D eigenvalue weighted by Gasteiger charge is 2.64. The highest BCUT2D eigenvalue weighted by atomic mass is 79.9. The number of carbonyl (C=O) groups excluding carboxylic acids is 1. The molecule has 1 aliphatic heterocycles. The number of nitrogens with one attached hydrogen (secondary N) is 2. The van der Waals surface area contributed by atoms with E-state index in [2.05, 4.69) is 31.2 Å². The molecule has 0 saturated carbocycles. The van der Waals surface area contributed by atoms with Crippen molar-refractivity contribution in [2.45, 2.75) is 24.1 Å². The molecule has 0 spiro atoms. The molecule has 1 amide bonds. The second-order valence-electron chi connectivity index (χ2n) is 7.33. The van der Waals surface area contributed by atoms with Gasteiger partial charge in [0.2, 0.25) is 5.60 Å². The molecule has 200 valence electrons. The SMILES string of the molecule is CON=CNC(=O)c1ccc(C2=C(Br)C(c3cc(C(F)(F)F)cc(C(F)(F)F)c3)(C(F)(F)F)ON2)cc1. The van der Waals surface area contributed by atoms with E-state index in [9.17, 15) is 44.3 Å². The second-order valence-corrected chi connectivity index (χ2v) is 8.13. The van der Waals surface area contributed by atoms with Gasteiger partial charge in [0.15, 0.2) is 0 Å². The molecule has 2 aromatic rings. The topological polar surface area (TPSA) is 72.0 Å². The van der Waals surface area contributed by atoms with E-state index in [-0.39, 0.29) is 29.3 Å². The zero-order chi connectivity index (χ0) is 27.8. The fraction of sp³-hybridized carbons (Fsp3) is 0.238. The number of carbonyl (C=O) groups is 1. The van der Waals surface area contributed by atoms with Crippen LogP contribution in [0.5, 0.6) is 0 Å². The minimum Gasteiger partial charge on any atom is -0.398 e. The zero-order valence-corrected chi connectivity index (χ0v) is 19.7. The second kappa shape index (κ2) is 9.89. The van der Waals surface area contributed by atoms with Crippen LogP contribution in [-0.2, 0) is 27.6 Å². The van der Waals surface area contributed by atoms with Crippen LogP contribution in [0.2, 0.25) is 0 Å². The molecule has 1 aliphatic rings. The lowest BCUT2D eigenvalue weighted by Gasteiger charge is -2.31. The summed E-state index contributed by atoms with van der Waals surface area (Å²) in [6.45, 7) is 0. The van der Waals surface area contributed by atoms with Gasteiger partial charge in [0, 0.05) is 16.7 Å². The van der Waals surface area contributed by atoms with E-state index in [0.29, 0.717) is 0 Å². The van der Waals surface area contributed by atoms with Gasteiger partial charge in [0.1, 0.15) is 13.4 Å². The van der Waals surface area contributed by atoms with Gasteiger partial charge >= 0.3 is 18.5 Å². The Balaban J connectivity index is 2.14. The largest absolute Gasteiger partial charge is 0.429 e. The summed E-state index contributed by atoms with van der Waals surface area (Å²) in [7, 11) is 1.23. The molecule has 0 radical (unpaired) electrons. The van der Waals surface area contributed by atoms with Crippen LogP contribution in [0.15, 0.2) is 52.1 Å². The fourth-order valence-electron chi connectivity index (χ4n) is 3.28. The average molecular weight is 606 g/mol. The number of nitrogens with zero attached hydrogens (tertiary/aromatic N) is 1. The van der Waals surface area contributed by atoms with Crippen LogP contribution >= 0.6 is 15.9 Å². The molecule has 0 aromatic heterocycles. The van der Waals surface area contributed by atoms with Crippen molar-refractivity contribution < 1.29 is 54.0 Å². The molecule has 1 unspecified atom stereocenters. The lowest BCUT2D eigenvalue weighted by atomic mass is 9.88. The van der Waals surface area contributed by atoms with E-state index in [1.165, 1.54) is 31.4 Å². The quantitative estimate of drug-likeness (QED) is 0.187. The van der Waals surface area contributed by atoms with Crippen molar-refractivity contribution in [1.29, 1.82) is 0 Å². The van der Waals surface area contributed by atoms with E-state index < -0.39 is 56.9 Å². The van der Waals surface area contributed by atoms with Gasteiger partial charge in [-0.2, -0.15) is 39.5 Å². The Labute approximate surface area is 210 Å². The smallest absolute Gasteiger partial charge is 0.398 e. The van der Waals surface area contributed by atoms with Crippen molar-refractivity contribution in [3.05, 3.63) is 74.8 Å². The maximum atomic E-state index is 14.3. The third kappa shape index (κ3) is 5.53. The maximum absolute atomic E-state index is 14.3. The van der Waals surface area contributed by atoms with Gasteiger partial charge in [-0.05, 0) is 46.3 Å². The summed E-state index contributed by atoms with van der Waals surface area (Å²) in [5, 5.41) is 5.53. The summed E-state index contributed by atoms with van der Waals surface area (Å²) in [5.41, 5.74) is -7.65. The minimum atomic E-state index is -5.53. The van der Waals surface area contributed by atoms with Gasteiger partial charge in [0.25, 0.3) is 5.91 Å². The maximum Gasteiger partial charge on any atom is 0.429 e. The predicted molar refractivity (Wildman–Crippen MR) is 114 cm³/mol. The monoisotopic (exact) mass is 605 g/mol. The van der Waals surface area contributed by atoms with Gasteiger partial charge in [0.05, 0.1) is 21.3 Å². The van der Waals surface area contributed by atoms with Gasteiger partial charge in [-0.3, -0.25) is 10.3 Å². The van der Waals surface area contributed by atoms with E-state index in [1.807, 2.05) is 5.48 Å². The molecule has 37 heavy (non-hydrogen) atoms. The first-order chi connectivity index (χ1) is 17.0. The molecule has 2 N–H and O–H groups in total. The van der Waals surface area contributed by atoms with Crippen molar-refractivity contribution in [3.8, 4) is 0 Å². The molecule has 0 aliphatic carbocycles. The van der Waals surface area contributed by atoms with Gasteiger partial charge in [-0.15, -0.1) is 0 Å². The minimum absolute atomic E-state index is 0.0386. The number of amides is 1. The first-order valence-corrected chi connectivity index (χ1v) is 10.5. The molecule has 0 saturated heterocycles. The van der Waals surface area contributed by atoms with Gasteiger partial charge in [-0.25, -0.2) is 4.84 Å². The third-order valence-corrected chi connectivity index (χ3v) is 5.97. The van der Waals surface area contributed by atoms with Crippen molar-refractivity contribution in [1.82, 2.24) is 10.8 Å². The van der Waals surface area contributed by atoms with E-state index in [1.54, 1.807) is 0 Å². The Morgan fingerprint density at radius 1 is 1.00 bits per heavy atom. The van der Waals surface area contributed by atoms with Crippen LogP contribution < -0.4 is 10.8 Å². The van der Waals surface area contributed by atoms with Crippen LogP contribution in [0.3, 0.4) is 0 Å². The molecule has 2 aromatic carbocycles. The van der Waals surface area contributed by atoms with Crippen molar-refractivity contribution in [3.63, 3.8) is 0 Å². The summed E-state index contributed by atoms with van der Waals surface area (Å²) in [6, 6.07) is 4.31. The number of alkyl halides is 9. The summed E-state index contributed by atoms with van der Waals surface area (Å²) >= 11 is 2.68. The van der Waals surface area contributed by atoms with Crippen LogP contribution in [0.4, 0.5) is 39.5 Å². The fourth-order valence-corrected chi connectivity index (χ4v) is 4.12. The Kier molecular flexibility index (Phi) is 7.56. The highest BCUT2D eigenvalue weighted by molar-refractivity contribution is 9.12. The first-order valence-electron chi connectivity index (χ1n) is 9.69. The number of oxime groups is 1. The number of halogens is 10. The normalized spacial score (nSPS) is 18.8. The highest BCUT2D eigenvalue weighted by Crippen LogP contribution is 2.55. The van der Waals surface area contributed by atoms with Crippen molar-refractivity contribution in [2.24, 2.45) is 5.16 Å².